The molecule has 19 heavy (non-hydrogen) atoms. The van der Waals surface area contributed by atoms with Crippen LogP contribution in [0.1, 0.15) is 15.9 Å². The lowest BCUT2D eigenvalue weighted by atomic mass is 10.1. The van der Waals surface area contributed by atoms with E-state index in [0.29, 0.717) is 22.0 Å². The third-order valence-corrected chi connectivity index (χ3v) is 5.69. The van der Waals surface area contributed by atoms with Crippen LogP contribution in [0.3, 0.4) is 0 Å². The molecule has 0 saturated heterocycles. The van der Waals surface area contributed by atoms with Gasteiger partial charge in [-0.1, -0.05) is 0 Å². The molecule has 0 aliphatic heterocycles. The number of aromatic carboxylic acids is 1. The van der Waals surface area contributed by atoms with Gasteiger partial charge in [0.1, 0.15) is 0 Å². The van der Waals surface area contributed by atoms with Gasteiger partial charge in [-0.25, -0.2) is 4.79 Å². The fraction of sp³-hybridized carbons (Fsp3) is 0.200. The first-order chi connectivity index (χ1) is 8.84. The Bertz CT molecular complexity index is 548. The first-order valence-electron chi connectivity index (χ1n) is 4.88. The molecular weight excluding hydrogens is 593 g/mol. The maximum atomic E-state index is 11.4. The van der Waals surface area contributed by atoms with Crippen LogP contribution in [0.2, 0.25) is 0 Å². The number of rotatable bonds is 4. The number of amides is 1. The summed E-state index contributed by atoms with van der Waals surface area (Å²) >= 11 is 5.71. The third-order valence-electron chi connectivity index (χ3n) is 2.23. The summed E-state index contributed by atoms with van der Waals surface area (Å²) < 4.78 is 1.49. The zero-order chi connectivity index (χ0) is 14.7. The van der Waals surface area contributed by atoms with Crippen LogP contribution in [0.4, 0.5) is 5.69 Å². The second-order valence-corrected chi connectivity index (χ2v) is 6.62. The number of nitrogens with one attached hydrogen (secondary N) is 1. The molecule has 6 nitrogen and oxygen atoms in total. The van der Waals surface area contributed by atoms with Gasteiger partial charge in [0.15, 0.2) is 0 Å². The summed E-state index contributed by atoms with van der Waals surface area (Å²) in [6, 6.07) is 0. The Kier molecular flexibility index (Phi) is 6.68. The molecule has 9 heteroatoms. The molecule has 0 spiro atoms. The fourth-order valence-corrected chi connectivity index (χ4v) is 5.58. The van der Waals surface area contributed by atoms with Gasteiger partial charge in [0, 0.05) is 12.7 Å². The van der Waals surface area contributed by atoms with E-state index in [2.05, 4.69) is 5.32 Å². The van der Waals surface area contributed by atoms with E-state index < -0.39 is 11.9 Å². The Morgan fingerprint density at radius 1 is 1.16 bits per heavy atom. The first-order valence-corrected chi connectivity index (χ1v) is 8.12. The van der Waals surface area contributed by atoms with Crippen molar-refractivity contribution in [1.29, 1.82) is 0 Å². The molecule has 0 unspecified atom stereocenters. The van der Waals surface area contributed by atoms with Gasteiger partial charge in [-0.3, -0.25) is 4.79 Å². The van der Waals surface area contributed by atoms with Gasteiger partial charge < -0.3 is 21.3 Å². The Morgan fingerprint density at radius 2 is 1.74 bits per heavy atom. The normalized spacial score (nSPS) is 10.4. The molecule has 104 valence electrons. The lowest BCUT2D eigenvalue weighted by Crippen LogP contribution is -2.24. The van der Waals surface area contributed by atoms with Gasteiger partial charge in [-0.15, -0.1) is 0 Å². The molecule has 1 amide bonds. The molecule has 0 radical (unpaired) electrons. The molecule has 1 aromatic carbocycles. The topological polar surface area (TPSA) is 113 Å². The van der Waals surface area contributed by atoms with E-state index in [-0.39, 0.29) is 18.7 Å². The number of aliphatic hydroxyl groups excluding tert-OH is 1. The minimum atomic E-state index is -1.11. The van der Waals surface area contributed by atoms with Crippen LogP contribution in [0.25, 0.3) is 0 Å². The average molecular weight is 602 g/mol. The highest BCUT2D eigenvalue weighted by Gasteiger charge is 2.24. The van der Waals surface area contributed by atoms with Crippen LogP contribution in [0.5, 0.6) is 0 Å². The fourth-order valence-electron chi connectivity index (χ4n) is 1.34. The van der Waals surface area contributed by atoms with Crippen molar-refractivity contribution in [3.63, 3.8) is 0 Å². The standard InChI is InChI=1S/C10H9I3N2O4/c11-6-3(2-16)7(12)9(15-4(17)1-14)8(13)5(6)10(18)19/h16H,1-2,14H2,(H,15,17)(H,18,19). The molecule has 0 bridgehead atoms. The monoisotopic (exact) mass is 602 g/mol. The maximum Gasteiger partial charge on any atom is 0.337 e. The van der Waals surface area contributed by atoms with Crippen LogP contribution < -0.4 is 11.1 Å². The summed E-state index contributed by atoms with van der Waals surface area (Å²) in [7, 11) is 0. The summed E-state index contributed by atoms with van der Waals surface area (Å²) in [5, 5.41) is 21.2. The Hall–Kier alpha value is 0.270. The number of nitrogens with two attached hydrogens (primary N) is 1. The Morgan fingerprint density at radius 3 is 2.16 bits per heavy atom. The van der Waals surface area contributed by atoms with Crippen molar-refractivity contribution in [2.75, 3.05) is 11.9 Å². The molecule has 5 N–H and O–H groups in total. The summed E-state index contributed by atoms with van der Waals surface area (Å²) in [5.74, 6) is -1.53. The predicted octanol–water partition coefficient (Wildman–Crippen LogP) is 1.59. The smallest absolute Gasteiger partial charge is 0.337 e. The number of benzene rings is 1. The number of hydrogen-bond acceptors (Lipinski definition) is 4. The molecule has 1 aromatic rings. The number of carboxylic acid groups (broad SMARTS) is 1. The zero-order valence-corrected chi connectivity index (χ0v) is 15.8. The van der Waals surface area contributed by atoms with Crippen molar-refractivity contribution in [3.8, 4) is 0 Å². The minimum Gasteiger partial charge on any atom is -0.478 e. The largest absolute Gasteiger partial charge is 0.478 e. The maximum absolute atomic E-state index is 11.4. The van der Waals surface area contributed by atoms with Gasteiger partial charge in [-0.05, 0) is 67.8 Å². The summed E-state index contributed by atoms with van der Waals surface area (Å²) in [6.45, 7) is -0.506. The van der Waals surface area contributed by atoms with Gasteiger partial charge in [0.25, 0.3) is 0 Å². The number of carboxylic acids is 1. The second kappa shape index (κ2) is 7.33. The number of halogens is 3. The highest BCUT2D eigenvalue weighted by molar-refractivity contribution is 14.1. The number of aliphatic hydroxyl groups is 1. The molecule has 0 aliphatic rings. The van der Waals surface area contributed by atoms with E-state index in [1.54, 1.807) is 0 Å². The quantitative estimate of drug-likeness (QED) is 0.392. The SMILES string of the molecule is NCC(=O)Nc1c(I)c(CO)c(I)c(C(=O)O)c1I. The van der Waals surface area contributed by atoms with Crippen molar-refractivity contribution in [2.24, 2.45) is 5.73 Å². The van der Waals surface area contributed by atoms with Crippen molar-refractivity contribution in [1.82, 2.24) is 0 Å². The van der Waals surface area contributed by atoms with E-state index in [1.807, 2.05) is 67.8 Å². The molecular formula is C10H9I3N2O4. The van der Waals surface area contributed by atoms with Gasteiger partial charge in [0.05, 0.1) is 28.0 Å². The van der Waals surface area contributed by atoms with Crippen molar-refractivity contribution in [2.45, 2.75) is 6.61 Å². The Labute approximate surface area is 149 Å². The van der Waals surface area contributed by atoms with E-state index in [1.165, 1.54) is 0 Å². The summed E-state index contributed by atoms with van der Waals surface area (Å²) in [4.78, 5) is 22.7. The van der Waals surface area contributed by atoms with Crippen molar-refractivity contribution < 1.29 is 19.8 Å². The molecule has 0 aromatic heterocycles. The van der Waals surface area contributed by atoms with Crippen LogP contribution in [-0.2, 0) is 11.4 Å². The molecule has 0 heterocycles. The van der Waals surface area contributed by atoms with Gasteiger partial charge in [0.2, 0.25) is 5.91 Å². The zero-order valence-electron chi connectivity index (χ0n) is 9.34. The highest BCUT2D eigenvalue weighted by Crippen LogP contribution is 2.35. The molecule has 1 rings (SSSR count). The number of carbonyl (C=O) groups excluding carboxylic acids is 1. The van der Waals surface area contributed by atoms with Crippen LogP contribution in [-0.4, -0.2) is 28.6 Å². The second-order valence-electron chi connectivity index (χ2n) is 3.39. The van der Waals surface area contributed by atoms with Crippen LogP contribution in [0, 0.1) is 10.7 Å². The highest BCUT2D eigenvalue weighted by atomic mass is 127. The van der Waals surface area contributed by atoms with Crippen molar-refractivity contribution >= 4 is 85.3 Å². The van der Waals surface area contributed by atoms with Crippen molar-refractivity contribution in [3.05, 3.63) is 21.8 Å². The summed E-state index contributed by atoms with van der Waals surface area (Å²) in [6.07, 6.45) is 0. The van der Waals surface area contributed by atoms with E-state index in [4.69, 9.17) is 5.73 Å². The molecule has 0 aliphatic carbocycles. The van der Waals surface area contributed by atoms with E-state index in [0.717, 1.165) is 0 Å². The molecule has 0 saturated carbocycles. The third kappa shape index (κ3) is 3.68. The van der Waals surface area contributed by atoms with E-state index in [9.17, 15) is 19.8 Å². The number of carbonyl (C=O) groups is 2. The lowest BCUT2D eigenvalue weighted by molar-refractivity contribution is -0.114. The lowest BCUT2D eigenvalue weighted by Gasteiger charge is -2.16. The Balaban J connectivity index is 3.58. The van der Waals surface area contributed by atoms with Crippen LogP contribution in [0.15, 0.2) is 0 Å². The predicted molar refractivity (Wildman–Crippen MR) is 95.2 cm³/mol. The first kappa shape index (κ1) is 17.3. The van der Waals surface area contributed by atoms with E-state index >= 15 is 0 Å². The minimum absolute atomic E-state index is 0.0676. The van der Waals surface area contributed by atoms with Gasteiger partial charge >= 0.3 is 5.97 Å². The molecule has 0 fully saturated rings. The molecule has 0 atom stereocenters. The van der Waals surface area contributed by atoms with Crippen LogP contribution >= 0.6 is 67.8 Å². The number of hydrogen-bond donors (Lipinski definition) is 4. The average Bonchev–Trinajstić information content (AvgIpc) is 2.34. The van der Waals surface area contributed by atoms with Gasteiger partial charge in [-0.2, -0.15) is 0 Å². The number of anilines is 1. The summed E-state index contributed by atoms with van der Waals surface area (Å²) in [5.41, 5.74) is 6.15.